The zero-order chi connectivity index (χ0) is 15.4. The third-order valence-electron chi connectivity index (χ3n) is 4.55. The van der Waals surface area contributed by atoms with Gasteiger partial charge in [-0.3, -0.25) is 9.69 Å². The maximum atomic E-state index is 11.7. The fraction of sp³-hybridized carbons (Fsp3) is 0.588. The lowest BCUT2D eigenvalue weighted by molar-refractivity contribution is -0.126. The number of hydrogen-bond donors (Lipinski definition) is 2. The third-order valence-corrected chi connectivity index (χ3v) is 4.55. The first kappa shape index (κ1) is 16.0. The van der Waals surface area contributed by atoms with Crippen molar-refractivity contribution in [1.29, 1.82) is 0 Å². The number of nitrogens with one attached hydrogen (secondary N) is 1. The molecule has 21 heavy (non-hydrogen) atoms. The highest BCUT2D eigenvalue weighted by atomic mass is 16.1. The molecule has 1 heterocycles. The number of likely N-dealkylation sites (tertiary alicyclic amines) is 1. The number of nitrogens with zero attached hydrogens (tertiary/aromatic N) is 1. The van der Waals surface area contributed by atoms with Gasteiger partial charge in [0.1, 0.15) is 0 Å². The average Bonchev–Trinajstić information content (AvgIpc) is 2.49. The molecule has 1 saturated heterocycles. The van der Waals surface area contributed by atoms with Gasteiger partial charge in [-0.15, -0.1) is 0 Å². The summed E-state index contributed by atoms with van der Waals surface area (Å²) < 4.78 is 0. The highest BCUT2D eigenvalue weighted by Gasteiger charge is 2.31. The lowest BCUT2D eigenvalue weighted by Gasteiger charge is -2.39. The van der Waals surface area contributed by atoms with E-state index in [9.17, 15) is 4.79 Å². The zero-order valence-corrected chi connectivity index (χ0v) is 13.3. The van der Waals surface area contributed by atoms with E-state index in [0.29, 0.717) is 0 Å². The van der Waals surface area contributed by atoms with E-state index in [0.717, 1.165) is 25.9 Å². The van der Waals surface area contributed by atoms with Crippen LogP contribution in [-0.4, -0.2) is 37.0 Å². The summed E-state index contributed by atoms with van der Waals surface area (Å²) in [5.74, 6) is 0.319. The zero-order valence-electron chi connectivity index (χ0n) is 13.3. The molecular weight excluding hydrogens is 262 g/mol. The number of carbonyl (C=O) groups excluding carboxylic acids is 1. The Morgan fingerprint density at radius 2 is 1.95 bits per heavy atom. The second kappa shape index (κ2) is 7.05. The summed E-state index contributed by atoms with van der Waals surface area (Å²) in [6.45, 7) is 6.07. The van der Waals surface area contributed by atoms with Crippen LogP contribution in [0.4, 0.5) is 0 Å². The van der Waals surface area contributed by atoms with Crippen molar-refractivity contribution in [3.63, 3.8) is 0 Å². The molecule has 3 N–H and O–H groups in total. The Morgan fingerprint density at radius 3 is 2.48 bits per heavy atom. The number of hydrogen-bond acceptors (Lipinski definition) is 3. The number of aryl methyl sites for hydroxylation is 1. The average molecular weight is 289 g/mol. The monoisotopic (exact) mass is 289 g/mol. The Hall–Kier alpha value is -1.39. The highest BCUT2D eigenvalue weighted by molar-refractivity contribution is 5.78. The van der Waals surface area contributed by atoms with E-state index in [1.165, 1.54) is 11.1 Å². The smallest absolute Gasteiger partial charge is 0.222 e. The number of rotatable bonds is 4. The molecule has 1 aromatic rings. The summed E-state index contributed by atoms with van der Waals surface area (Å²) in [6, 6.07) is 8.76. The second-order valence-electron chi connectivity index (χ2n) is 6.09. The molecule has 0 aliphatic carbocycles. The van der Waals surface area contributed by atoms with E-state index in [2.05, 4.69) is 48.3 Å². The van der Waals surface area contributed by atoms with Crippen molar-refractivity contribution >= 4 is 5.91 Å². The van der Waals surface area contributed by atoms with Crippen LogP contribution >= 0.6 is 0 Å². The number of amides is 1. The highest BCUT2D eigenvalue weighted by Crippen LogP contribution is 2.30. The van der Waals surface area contributed by atoms with Crippen molar-refractivity contribution in [2.75, 3.05) is 20.1 Å². The lowest BCUT2D eigenvalue weighted by Crippen LogP contribution is -2.46. The molecule has 1 aliphatic rings. The number of piperidine rings is 1. The Morgan fingerprint density at radius 1 is 1.33 bits per heavy atom. The number of carbonyl (C=O) groups is 1. The van der Waals surface area contributed by atoms with Crippen molar-refractivity contribution in [3.05, 3.63) is 35.4 Å². The van der Waals surface area contributed by atoms with E-state index in [1.54, 1.807) is 7.05 Å². The fourth-order valence-electron chi connectivity index (χ4n) is 3.38. The number of benzene rings is 1. The maximum Gasteiger partial charge on any atom is 0.222 e. The Bertz CT molecular complexity index is 479. The first-order chi connectivity index (χ1) is 10.0. The summed E-state index contributed by atoms with van der Waals surface area (Å²) in [7, 11) is 1.72. The second-order valence-corrected chi connectivity index (χ2v) is 6.09. The fourth-order valence-corrected chi connectivity index (χ4v) is 3.38. The minimum atomic E-state index is 0.0719. The molecule has 0 spiro atoms. The molecule has 0 bridgehead atoms. The van der Waals surface area contributed by atoms with Crippen LogP contribution in [0.25, 0.3) is 0 Å². The lowest BCUT2D eigenvalue weighted by atomic mass is 9.90. The summed E-state index contributed by atoms with van der Waals surface area (Å²) in [6.07, 6.45) is 1.82. The van der Waals surface area contributed by atoms with Crippen LogP contribution in [0, 0.1) is 12.8 Å². The van der Waals surface area contributed by atoms with E-state index in [-0.39, 0.29) is 23.9 Å². The van der Waals surface area contributed by atoms with Crippen LogP contribution in [0.1, 0.15) is 36.9 Å². The molecule has 1 aliphatic heterocycles. The SMILES string of the molecule is CNC(=O)C1CCN(C(c2ccccc2C)C(C)N)CC1. The molecule has 2 atom stereocenters. The first-order valence-electron chi connectivity index (χ1n) is 7.81. The van der Waals surface area contributed by atoms with E-state index in [4.69, 9.17) is 5.73 Å². The molecule has 4 nitrogen and oxygen atoms in total. The predicted molar refractivity (Wildman–Crippen MR) is 85.9 cm³/mol. The molecule has 0 aromatic heterocycles. The quantitative estimate of drug-likeness (QED) is 0.889. The van der Waals surface area contributed by atoms with Crippen molar-refractivity contribution in [2.24, 2.45) is 11.7 Å². The van der Waals surface area contributed by atoms with Crippen molar-refractivity contribution < 1.29 is 4.79 Å². The van der Waals surface area contributed by atoms with Gasteiger partial charge in [0.2, 0.25) is 5.91 Å². The normalized spacial score (nSPS) is 20.0. The van der Waals surface area contributed by atoms with Gasteiger partial charge in [-0.2, -0.15) is 0 Å². The molecule has 0 saturated carbocycles. The molecule has 4 heteroatoms. The third kappa shape index (κ3) is 3.63. The van der Waals surface area contributed by atoms with Crippen LogP contribution in [0.15, 0.2) is 24.3 Å². The summed E-state index contributed by atoms with van der Waals surface area (Å²) in [5, 5.41) is 2.76. The van der Waals surface area contributed by atoms with Gasteiger partial charge in [-0.05, 0) is 50.9 Å². The molecule has 2 rings (SSSR count). The Balaban J connectivity index is 2.11. The van der Waals surface area contributed by atoms with Gasteiger partial charge < -0.3 is 11.1 Å². The van der Waals surface area contributed by atoms with Gasteiger partial charge in [-0.1, -0.05) is 24.3 Å². The molecule has 1 fully saturated rings. The maximum absolute atomic E-state index is 11.7. The summed E-state index contributed by atoms with van der Waals surface area (Å²) in [5.41, 5.74) is 8.86. The van der Waals surface area contributed by atoms with Gasteiger partial charge in [0.15, 0.2) is 0 Å². The van der Waals surface area contributed by atoms with E-state index >= 15 is 0 Å². The van der Waals surface area contributed by atoms with Crippen molar-refractivity contribution in [1.82, 2.24) is 10.2 Å². The predicted octanol–water partition coefficient (Wildman–Crippen LogP) is 1.84. The molecule has 0 radical (unpaired) electrons. The minimum absolute atomic E-state index is 0.0719. The van der Waals surface area contributed by atoms with E-state index in [1.807, 2.05) is 0 Å². The topological polar surface area (TPSA) is 58.4 Å². The van der Waals surface area contributed by atoms with Crippen LogP contribution < -0.4 is 11.1 Å². The van der Waals surface area contributed by atoms with Crippen molar-refractivity contribution in [3.8, 4) is 0 Å². The minimum Gasteiger partial charge on any atom is -0.359 e. The van der Waals surface area contributed by atoms with Gasteiger partial charge in [-0.25, -0.2) is 0 Å². The summed E-state index contributed by atoms with van der Waals surface area (Å²) >= 11 is 0. The molecular formula is C17H27N3O. The Kier molecular flexibility index (Phi) is 5.37. The van der Waals surface area contributed by atoms with Gasteiger partial charge in [0.05, 0.1) is 0 Å². The Labute approximate surface area is 127 Å². The van der Waals surface area contributed by atoms with Gasteiger partial charge in [0, 0.05) is 25.0 Å². The van der Waals surface area contributed by atoms with Crippen LogP contribution in [0.2, 0.25) is 0 Å². The first-order valence-corrected chi connectivity index (χ1v) is 7.81. The van der Waals surface area contributed by atoms with Crippen LogP contribution in [-0.2, 0) is 4.79 Å². The summed E-state index contributed by atoms with van der Waals surface area (Å²) in [4.78, 5) is 14.2. The standard InChI is InChI=1S/C17H27N3O/c1-12-6-4-5-7-15(12)16(13(2)18)20-10-8-14(9-11-20)17(21)19-3/h4-7,13-14,16H,8-11,18H2,1-3H3,(H,19,21). The molecule has 1 aromatic carbocycles. The molecule has 2 unspecified atom stereocenters. The van der Waals surface area contributed by atoms with Crippen LogP contribution in [0.3, 0.4) is 0 Å². The molecule has 116 valence electrons. The van der Waals surface area contributed by atoms with Gasteiger partial charge >= 0.3 is 0 Å². The number of nitrogens with two attached hydrogens (primary N) is 1. The molecule has 1 amide bonds. The van der Waals surface area contributed by atoms with Crippen LogP contribution in [0.5, 0.6) is 0 Å². The van der Waals surface area contributed by atoms with Crippen molar-refractivity contribution in [2.45, 2.75) is 38.8 Å². The largest absolute Gasteiger partial charge is 0.359 e. The van der Waals surface area contributed by atoms with E-state index < -0.39 is 0 Å². The van der Waals surface area contributed by atoms with Gasteiger partial charge in [0.25, 0.3) is 0 Å².